The van der Waals surface area contributed by atoms with E-state index in [2.05, 4.69) is 26.2 Å². The highest BCUT2D eigenvalue weighted by molar-refractivity contribution is 9.10. The summed E-state index contributed by atoms with van der Waals surface area (Å²) in [6, 6.07) is 12.5. The van der Waals surface area contributed by atoms with Crippen molar-refractivity contribution in [2.75, 3.05) is 12.4 Å². The maximum Gasteiger partial charge on any atom is 0.311 e. The van der Waals surface area contributed by atoms with Crippen LogP contribution in [-0.4, -0.2) is 17.0 Å². The monoisotopic (exact) mass is 405 g/mol. The first-order chi connectivity index (χ1) is 11.6. The molecule has 1 aromatic heterocycles. The van der Waals surface area contributed by atoms with Gasteiger partial charge in [-0.15, -0.1) is 11.3 Å². The number of nitrogens with one attached hydrogen (secondary N) is 1. The summed E-state index contributed by atoms with van der Waals surface area (Å²) in [4.78, 5) is 15.2. The number of aromatic nitrogens is 1. The van der Waals surface area contributed by atoms with Gasteiger partial charge in [0.1, 0.15) is 0 Å². The molecule has 2 aromatic carbocycles. The molecule has 6 nitrogen and oxygen atoms in total. The maximum atomic E-state index is 11.1. The number of hydrogen-bond donors (Lipinski definition) is 1. The minimum atomic E-state index is -0.463. The predicted molar refractivity (Wildman–Crippen MR) is 98.2 cm³/mol. The van der Waals surface area contributed by atoms with Gasteiger partial charge in [0, 0.05) is 27.2 Å². The number of rotatable bonds is 5. The normalized spacial score (nSPS) is 10.4. The molecule has 0 saturated carbocycles. The van der Waals surface area contributed by atoms with E-state index in [0.29, 0.717) is 16.4 Å². The van der Waals surface area contributed by atoms with Crippen LogP contribution in [0.4, 0.5) is 16.5 Å². The molecular formula is C16H12BrN3O3S. The van der Waals surface area contributed by atoms with Gasteiger partial charge in [-0.3, -0.25) is 10.1 Å². The zero-order valence-electron chi connectivity index (χ0n) is 12.5. The lowest BCUT2D eigenvalue weighted by molar-refractivity contribution is -0.385. The molecule has 1 heterocycles. The van der Waals surface area contributed by atoms with Crippen molar-refractivity contribution >= 4 is 43.8 Å². The Labute approximate surface area is 150 Å². The van der Waals surface area contributed by atoms with E-state index < -0.39 is 4.92 Å². The van der Waals surface area contributed by atoms with Crippen molar-refractivity contribution in [2.24, 2.45) is 0 Å². The lowest BCUT2D eigenvalue weighted by Gasteiger charge is -2.04. The van der Waals surface area contributed by atoms with Crippen molar-refractivity contribution < 1.29 is 9.66 Å². The highest BCUT2D eigenvalue weighted by atomic mass is 79.9. The average Bonchev–Trinajstić information content (AvgIpc) is 3.05. The van der Waals surface area contributed by atoms with Crippen molar-refractivity contribution in [2.45, 2.75) is 0 Å². The first-order valence-electron chi connectivity index (χ1n) is 6.88. The van der Waals surface area contributed by atoms with E-state index in [9.17, 15) is 10.1 Å². The van der Waals surface area contributed by atoms with Crippen molar-refractivity contribution in [3.8, 4) is 17.0 Å². The van der Waals surface area contributed by atoms with Crippen LogP contribution in [-0.2, 0) is 0 Å². The fourth-order valence-corrected chi connectivity index (χ4v) is 3.12. The van der Waals surface area contributed by atoms with Crippen molar-refractivity contribution in [3.05, 3.63) is 62.4 Å². The number of hydrogen-bond acceptors (Lipinski definition) is 6. The summed E-state index contributed by atoms with van der Waals surface area (Å²) < 4.78 is 6.01. The molecule has 0 atom stereocenters. The van der Waals surface area contributed by atoms with E-state index in [1.807, 2.05) is 29.6 Å². The second-order valence-electron chi connectivity index (χ2n) is 4.81. The third-order valence-electron chi connectivity index (χ3n) is 3.27. The van der Waals surface area contributed by atoms with Crippen LogP contribution in [0.25, 0.3) is 11.3 Å². The summed E-state index contributed by atoms with van der Waals surface area (Å²) in [7, 11) is 1.41. The molecule has 0 spiro atoms. The molecule has 0 fully saturated rings. The number of benzene rings is 2. The molecule has 0 saturated heterocycles. The lowest BCUT2D eigenvalue weighted by Crippen LogP contribution is -1.94. The minimum Gasteiger partial charge on any atom is -0.490 e. The van der Waals surface area contributed by atoms with E-state index >= 15 is 0 Å². The summed E-state index contributed by atoms with van der Waals surface area (Å²) in [5.41, 5.74) is 2.18. The topological polar surface area (TPSA) is 77.3 Å². The van der Waals surface area contributed by atoms with Crippen LogP contribution in [0.15, 0.2) is 52.3 Å². The Morgan fingerprint density at radius 3 is 2.67 bits per heavy atom. The van der Waals surface area contributed by atoms with Gasteiger partial charge in [0.25, 0.3) is 0 Å². The fourth-order valence-electron chi connectivity index (χ4n) is 2.11. The summed E-state index contributed by atoms with van der Waals surface area (Å²) in [5.74, 6) is 0.229. The molecule has 0 aliphatic heterocycles. The van der Waals surface area contributed by atoms with E-state index in [1.165, 1.54) is 24.5 Å². The Morgan fingerprint density at radius 2 is 2.00 bits per heavy atom. The summed E-state index contributed by atoms with van der Waals surface area (Å²) in [5, 5.41) is 16.9. The molecule has 0 amide bonds. The molecule has 0 bridgehead atoms. The zero-order chi connectivity index (χ0) is 17.1. The Kier molecular flexibility index (Phi) is 4.77. The fraction of sp³-hybridized carbons (Fsp3) is 0.0625. The largest absolute Gasteiger partial charge is 0.490 e. The molecule has 3 rings (SSSR count). The molecule has 8 heteroatoms. The van der Waals surface area contributed by atoms with E-state index in [-0.39, 0.29) is 11.4 Å². The molecule has 0 unspecified atom stereocenters. The Balaban J connectivity index is 1.86. The number of halogens is 1. The van der Waals surface area contributed by atoms with Crippen LogP contribution >= 0.6 is 27.3 Å². The molecule has 0 aliphatic rings. The van der Waals surface area contributed by atoms with Gasteiger partial charge in [-0.25, -0.2) is 4.98 Å². The van der Waals surface area contributed by atoms with Gasteiger partial charge in [-0.1, -0.05) is 15.9 Å². The Morgan fingerprint density at radius 1 is 1.25 bits per heavy atom. The quantitative estimate of drug-likeness (QED) is 0.464. The van der Waals surface area contributed by atoms with Gasteiger partial charge < -0.3 is 10.1 Å². The highest BCUT2D eigenvalue weighted by Crippen LogP contribution is 2.34. The van der Waals surface area contributed by atoms with Crippen LogP contribution in [0.3, 0.4) is 0 Å². The second-order valence-corrected chi connectivity index (χ2v) is 6.59. The molecule has 0 aliphatic carbocycles. The number of nitro groups is 1. The Bertz CT molecular complexity index is 881. The number of anilines is 2. The first-order valence-corrected chi connectivity index (χ1v) is 8.55. The van der Waals surface area contributed by atoms with Gasteiger partial charge in [-0.2, -0.15) is 0 Å². The van der Waals surface area contributed by atoms with Crippen LogP contribution in [0, 0.1) is 10.1 Å². The highest BCUT2D eigenvalue weighted by Gasteiger charge is 2.17. The molecule has 24 heavy (non-hydrogen) atoms. The maximum absolute atomic E-state index is 11.1. The molecule has 122 valence electrons. The van der Waals surface area contributed by atoms with E-state index in [0.717, 1.165) is 10.2 Å². The second kappa shape index (κ2) is 6.98. The molecule has 0 radical (unpaired) electrons. The van der Waals surface area contributed by atoms with E-state index in [4.69, 9.17) is 4.74 Å². The van der Waals surface area contributed by atoms with Gasteiger partial charge in [0.05, 0.1) is 17.7 Å². The van der Waals surface area contributed by atoms with Crippen molar-refractivity contribution in [1.82, 2.24) is 4.98 Å². The third-order valence-corrected chi connectivity index (χ3v) is 4.56. The number of nitrogens with zero attached hydrogens (tertiary/aromatic N) is 2. The average molecular weight is 406 g/mol. The van der Waals surface area contributed by atoms with Crippen LogP contribution < -0.4 is 10.1 Å². The van der Waals surface area contributed by atoms with Gasteiger partial charge in [0.15, 0.2) is 10.9 Å². The Hall–Kier alpha value is -2.45. The number of methoxy groups -OCH3 is 1. The lowest BCUT2D eigenvalue weighted by atomic mass is 10.1. The molecule has 3 aromatic rings. The van der Waals surface area contributed by atoms with Crippen molar-refractivity contribution in [1.29, 1.82) is 0 Å². The summed E-state index contributed by atoms with van der Waals surface area (Å²) in [6.07, 6.45) is 0. The molecule has 1 N–H and O–H groups in total. The smallest absolute Gasteiger partial charge is 0.311 e. The minimum absolute atomic E-state index is 0.0783. The number of nitro benzene ring substituents is 1. The SMILES string of the molecule is COc1ccc(-c2csc(Nc3ccc(Br)cc3)n2)cc1[N+](=O)[O-]. The van der Waals surface area contributed by atoms with Crippen molar-refractivity contribution in [3.63, 3.8) is 0 Å². The van der Waals surface area contributed by atoms with Gasteiger partial charge in [0.2, 0.25) is 0 Å². The molecular weight excluding hydrogens is 394 g/mol. The van der Waals surface area contributed by atoms with Gasteiger partial charge in [-0.05, 0) is 36.4 Å². The number of ether oxygens (including phenoxy) is 1. The van der Waals surface area contributed by atoms with Crippen LogP contribution in [0.2, 0.25) is 0 Å². The van der Waals surface area contributed by atoms with Crippen LogP contribution in [0.5, 0.6) is 5.75 Å². The first kappa shape index (κ1) is 16.4. The van der Waals surface area contributed by atoms with E-state index in [1.54, 1.807) is 12.1 Å². The van der Waals surface area contributed by atoms with Crippen LogP contribution in [0.1, 0.15) is 0 Å². The standard InChI is InChI=1S/C16H12BrN3O3S/c1-23-15-7-2-10(8-14(15)20(21)22)13-9-24-16(19-13)18-12-5-3-11(17)4-6-12/h2-9H,1H3,(H,18,19). The zero-order valence-corrected chi connectivity index (χ0v) is 14.9. The summed E-state index contributed by atoms with van der Waals surface area (Å²) >= 11 is 4.82. The third kappa shape index (κ3) is 3.55. The summed E-state index contributed by atoms with van der Waals surface area (Å²) in [6.45, 7) is 0. The predicted octanol–water partition coefficient (Wildman–Crippen LogP) is 5.23. The number of thiazole rings is 1. The van der Waals surface area contributed by atoms with Gasteiger partial charge >= 0.3 is 5.69 Å².